The minimum Gasteiger partial charge on any atom is -0.336 e. The molecular weight excluding hydrogens is 328 g/mol. The summed E-state index contributed by atoms with van der Waals surface area (Å²) in [6, 6.07) is 5.59. The molecule has 0 aromatic heterocycles. The number of nitrogens with one attached hydrogen (secondary N) is 1. The molecule has 0 unspecified atom stereocenters. The van der Waals surface area contributed by atoms with Crippen LogP contribution in [0, 0.1) is 0 Å². The van der Waals surface area contributed by atoms with Gasteiger partial charge in [-0.05, 0) is 49.7 Å². The fraction of sp³-hybridized carbons (Fsp3) is 0.600. The average Bonchev–Trinajstić information content (AvgIpc) is 3.02. The normalized spacial score (nSPS) is 21.2. The van der Waals surface area contributed by atoms with Gasteiger partial charge in [0.25, 0.3) is 11.8 Å². The molecule has 2 fully saturated rings. The number of hydrogen-bond acceptors (Lipinski definition) is 4. The van der Waals surface area contributed by atoms with E-state index in [2.05, 4.69) is 10.2 Å². The van der Waals surface area contributed by atoms with Crippen LogP contribution >= 0.6 is 0 Å². The van der Waals surface area contributed by atoms with Gasteiger partial charge in [-0.2, -0.15) is 0 Å². The first-order valence-electron chi connectivity index (χ1n) is 9.87. The van der Waals surface area contributed by atoms with Crippen LogP contribution in [0.4, 0.5) is 0 Å². The lowest BCUT2D eigenvalue weighted by atomic mass is 10.1. The van der Waals surface area contributed by atoms with Gasteiger partial charge in [0.15, 0.2) is 0 Å². The number of fused-ring (bicyclic) bond motifs is 1. The Morgan fingerprint density at radius 3 is 2.54 bits per heavy atom. The van der Waals surface area contributed by atoms with E-state index in [0.717, 1.165) is 63.5 Å². The van der Waals surface area contributed by atoms with E-state index in [1.54, 1.807) is 0 Å². The number of carbonyl (C=O) groups is 2. The SMILES string of the molecule is O=C(c1ccc2c(c1)CN(CCN1CCCCC1)C2=O)N1CCNCC1. The molecule has 3 heterocycles. The van der Waals surface area contributed by atoms with E-state index in [9.17, 15) is 9.59 Å². The largest absolute Gasteiger partial charge is 0.336 e. The van der Waals surface area contributed by atoms with Crippen molar-refractivity contribution in [1.82, 2.24) is 20.0 Å². The topological polar surface area (TPSA) is 55.9 Å². The van der Waals surface area contributed by atoms with E-state index < -0.39 is 0 Å². The Balaban J connectivity index is 1.40. The molecule has 1 aromatic rings. The lowest BCUT2D eigenvalue weighted by Gasteiger charge is -2.28. The van der Waals surface area contributed by atoms with Crippen molar-refractivity contribution in [3.05, 3.63) is 34.9 Å². The number of nitrogens with zero attached hydrogens (tertiary/aromatic N) is 3. The van der Waals surface area contributed by atoms with Crippen molar-refractivity contribution in [1.29, 1.82) is 0 Å². The summed E-state index contributed by atoms with van der Waals surface area (Å²) in [4.78, 5) is 31.6. The zero-order valence-electron chi connectivity index (χ0n) is 15.4. The van der Waals surface area contributed by atoms with Crippen molar-refractivity contribution in [2.45, 2.75) is 25.8 Å². The van der Waals surface area contributed by atoms with Crippen LogP contribution in [0.25, 0.3) is 0 Å². The summed E-state index contributed by atoms with van der Waals surface area (Å²) in [5.74, 6) is 0.187. The third kappa shape index (κ3) is 3.62. The van der Waals surface area contributed by atoms with Crippen LogP contribution in [0.15, 0.2) is 18.2 Å². The Morgan fingerprint density at radius 2 is 1.77 bits per heavy atom. The number of piperazine rings is 1. The molecule has 1 aromatic carbocycles. The van der Waals surface area contributed by atoms with Gasteiger partial charge in [-0.1, -0.05) is 6.42 Å². The first-order chi connectivity index (χ1) is 12.7. The molecule has 2 saturated heterocycles. The molecule has 6 heteroatoms. The molecule has 0 aliphatic carbocycles. The van der Waals surface area contributed by atoms with Crippen molar-refractivity contribution in [3.8, 4) is 0 Å². The van der Waals surface area contributed by atoms with Crippen LogP contribution in [0.5, 0.6) is 0 Å². The predicted molar refractivity (Wildman–Crippen MR) is 100 cm³/mol. The second-order valence-corrected chi connectivity index (χ2v) is 7.54. The number of piperidine rings is 1. The molecule has 26 heavy (non-hydrogen) atoms. The number of hydrogen-bond donors (Lipinski definition) is 1. The molecule has 140 valence electrons. The Labute approximate surface area is 155 Å². The number of rotatable bonds is 4. The number of likely N-dealkylation sites (tertiary alicyclic amines) is 1. The van der Waals surface area contributed by atoms with E-state index in [1.807, 2.05) is 28.0 Å². The van der Waals surface area contributed by atoms with Gasteiger partial charge in [-0.25, -0.2) is 0 Å². The second kappa shape index (κ2) is 7.76. The minimum absolute atomic E-state index is 0.0773. The summed E-state index contributed by atoms with van der Waals surface area (Å²) < 4.78 is 0. The van der Waals surface area contributed by atoms with Gasteiger partial charge in [0.2, 0.25) is 0 Å². The summed E-state index contributed by atoms with van der Waals surface area (Å²) in [5, 5.41) is 3.27. The molecule has 0 spiro atoms. The second-order valence-electron chi connectivity index (χ2n) is 7.54. The minimum atomic E-state index is 0.0773. The van der Waals surface area contributed by atoms with Gasteiger partial charge in [-0.15, -0.1) is 0 Å². The smallest absolute Gasteiger partial charge is 0.254 e. The number of amides is 2. The highest BCUT2D eigenvalue weighted by Crippen LogP contribution is 2.24. The Bertz CT molecular complexity index is 678. The molecule has 4 rings (SSSR count). The van der Waals surface area contributed by atoms with Crippen molar-refractivity contribution in [3.63, 3.8) is 0 Å². The summed E-state index contributed by atoms with van der Waals surface area (Å²) in [7, 11) is 0. The summed E-state index contributed by atoms with van der Waals surface area (Å²) in [5.41, 5.74) is 2.46. The fourth-order valence-electron chi connectivity index (χ4n) is 4.19. The Morgan fingerprint density at radius 1 is 1.00 bits per heavy atom. The van der Waals surface area contributed by atoms with Crippen LogP contribution in [-0.4, -0.2) is 78.9 Å². The van der Waals surface area contributed by atoms with E-state index >= 15 is 0 Å². The summed E-state index contributed by atoms with van der Waals surface area (Å²) >= 11 is 0. The van der Waals surface area contributed by atoms with Crippen molar-refractivity contribution < 1.29 is 9.59 Å². The first-order valence-corrected chi connectivity index (χ1v) is 9.87. The zero-order chi connectivity index (χ0) is 17.9. The molecule has 3 aliphatic rings. The average molecular weight is 356 g/mol. The highest BCUT2D eigenvalue weighted by Gasteiger charge is 2.29. The third-order valence-electron chi connectivity index (χ3n) is 5.77. The molecule has 0 atom stereocenters. The van der Waals surface area contributed by atoms with Crippen molar-refractivity contribution >= 4 is 11.8 Å². The van der Waals surface area contributed by atoms with Gasteiger partial charge < -0.3 is 20.0 Å². The molecule has 0 radical (unpaired) electrons. The highest BCUT2D eigenvalue weighted by molar-refractivity contribution is 6.01. The lowest BCUT2D eigenvalue weighted by Crippen LogP contribution is -2.46. The Kier molecular flexibility index (Phi) is 5.22. The van der Waals surface area contributed by atoms with Crippen LogP contribution in [0.1, 0.15) is 45.5 Å². The van der Waals surface area contributed by atoms with Crippen LogP contribution < -0.4 is 5.32 Å². The molecule has 3 aliphatic heterocycles. The summed E-state index contributed by atoms with van der Waals surface area (Å²) in [6.45, 7) is 7.84. The first kappa shape index (κ1) is 17.5. The lowest BCUT2D eigenvalue weighted by molar-refractivity contribution is 0.0733. The molecule has 2 amide bonds. The number of carbonyl (C=O) groups excluding carboxylic acids is 2. The molecule has 0 bridgehead atoms. The Hall–Kier alpha value is -1.92. The summed E-state index contributed by atoms with van der Waals surface area (Å²) in [6.07, 6.45) is 3.87. The maximum Gasteiger partial charge on any atom is 0.254 e. The van der Waals surface area contributed by atoms with E-state index in [-0.39, 0.29) is 11.8 Å². The maximum absolute atomic E-state index is 12.7. The third-order valence-corrected chi connectivity index (χ3v) is 5.77. The molecule has 6 nitrogen and oxygen atoms in total. The zero-order valence-corrected chi connectivity index (χ0v) is 15.4. The van der Waals surface area contributed by atoms with Gasteiger partial charge in [0.1, 0.15) is 0 Å². The van der Waals surface area contributed by atoms with E-state index in [4.69, 9.17) is 0 Å². The molecular formula is C20H28N4O2. The van der Waals surface area contributed by atoms with Crippen molar-refractivity contribution in [2.75, 3.05) is 52.4 Å². The van der Waals surface area contributed by atoms with Crippen LogP contribution in [0.2, 0.25) is 0 Å². The van der Waals surface area contributed by atoms with Gasteiger partial charge >= 0.3 is 0 Å². The van der Waals surface area contributed by atoms with E-state index in [1.165, 1.54) is 19.3 Å². The number of benzene rings is 1. The predicted octanol–water partition coefficient (Wildman–Crippen LogP) is 1.17. The van der Waals surface area contributed by atoms with Gasteiger partial charge in [0.05, 0.1) is 0 Å². The van der Waals surface area contributed by atoms with Crippen LogP contribution in [-0.2, 0) is 6.54 Å². The molecule has 0 saturated carbocycles. The molecule has 1 N–H and O–H groups in total. The maximum atomic E-state index is 12.7. The monoisotopic (exact) mass is 356 g/mol. The highest BCUT2D eigenvalue weighted by atomic mass is 16.2. The fourth-order valence-corrected chi connectivity index (χ4v) is 4.19. The van der Waals surface area contributed by atoms with Crippen LogP contribution in [0.3, 0.4) is 0 Å². The van der Waals surface area contributed by atoms with Gasteiger partial charge in [0, 0.05) is 56.9 Å². The van der Waals surface area contributed by atoms with E-state index in [0.29, 0.717) is 12.1 Å². The standard InChI is InChI=1S/C20H28N4O2/c25-19(23-10-6-21-7-11-23)16-4-5-18-17(14-16)15-24(20(18)26)13-12-22-8-2-1-3-9-22/h4-5,14,21H,1-3,6-13,15H2. The van der Waals surface area contributed by atoms with Crippen molar-refractivity contribution in [2.24, 2.45) is 0 Å². The quantitative estimate of drug-likeness (QED) is 0.880. The van der Waals surface area contributed by atoms with Gasteiger partial charge in [-0.3, -0.25) is 9.59 Å².